The minimum atomic E-state index is -0.148. The van der Waals surface area contributed by atoms with Crippen LogP contribution < -0.4 is 0 Å². The van der Waals surface area contributed by atoms with Gasteiger partial charge in [0.1, 0.15) is 10.8 Å². The van der Waals surface area contributed by atoms with Gasteiger partial charge in [-0.05, 0) is 34.1 Å². The summed E-state index contributed by atoms with van der Waals surface area (Å²) in [7, 11) is 0. The SMILES string of the molecule is CC(C)(C)c1cc(-c2csc(CO)n2)c(C(C)(C)C)cc1O. The zero-order chi connectivity index (χ0) is 16.7. The molecular formula is C18H25NO2S. The fourth-order valence-corrected chi connectivity index (χ4v) is 3.18. The van der Waals surface area contributed by atoms with Gasteiger partial charge in [0.2, 0.25) is 0 Å². The van der Waals surface area contributed by atoms with Gasteiger partial charge in [-0.3, -0.25) is 0 Å². The van der Waals surface area contributed by atoms with Crippen LogP contribution in [0.4, 0.5) is 0 Å². The minimum absolute atomic E-state index is 0.0419. The summed E-state index contributed by atoms with van der Waals surface area (Å²) in [5.41, 5.74) is 3.62. The van der Waals surface area contributed by atoms with E-state index in [4.69, 9.17) is 0 Å². The average molecular weight is 319 g/mol. The molecule has 22 heavy (non-hydrogen) atoms. The fraction of sp³-hybridized carbons (Fsp3) is 0.500. The minimum Gasteiger partial charge on any atom is -0.508 e. The standard InChI is InChI=1S/C18H25NO2S/c1-17(2,3)12-8-15(21)13(18(4,5)6)7-11(12)14-10-22-16(9-20)19-14/h7-8,10,20-21H,9H2,1-6H3. The largest absolute Gasteiger partial charge is 0.508 e. The van der Waals surface area contributed by atoms with Crippen LogP contribution in [0.1, 0.15) is 57.7 Å². The molecule has 0 saturated heterocycles. The van der Waals surface area contributed by atoms with Crippen LogP contribution in [0.5, 0.6) is 5.75 Å². The third-order valence-corrected chi connectivity index (χ3v) is 4.55. The van der Waals surface area contributed by atoms with Crippen molar-refractivity contribution in [3.05, 3.63) is 33.6 Å². The second-order valence-corrected chi connectivity index (χ2v) is 8.64. The second kappa shape index (κ2) is 5.67. The molecule has 2 aromatic rings. The van der Waals surface area contributed by atoms with Crippen LogP contribution in [-0.4, -0.2) is 15.2 Å². The zero-order valence-electron chi connectivity index (χ0n) is 14.2. The number of thiazole rings is 1. The van der Waals surface area contributed by atoms with Crippen molar-refractivity contribution in [2.45, 2.75) is 59.0 Å². The number of phenolic OH excluding ortho intramolecular Hbond substituents is 1. The van der Waals surface area contributed by atoms with E-state index < -0.39 is 0 Å². The summed E-state index contributed by atoms with van der Waals surface area (Å²) in [6.07, 6.45) is 0. The maximum Gasteiger partial charge on any atom is 0.119 e. The predicted octanol–water partition coefficient (Wildman–Crippen LogP) is 4.60. The van der Waals surface area contributed by atoms with Crippen molar-refractivity contribution in [3.8, 4) is 17.0 Å². The molecule has 0 unspecified atom stereocenters. The number of phenols is 1. The predicted molar refractivity (Wildman–Crippen MR) is 92.5 cm³/mol. The zero-order valence-corrected chi connectivity index (χ0v) is 15.0. The molecule has 0 amide bonds. The Kier molecular flexibility index (Phi) is 4.37. The van der Waals surface area contributed by atoms with Crippen molar-refractivity contribution in [3.63, 3.8) is 0 Å². The smallest absolute Gasteiger partial charge is 0.119 e. The summed E-state index contributed by atoms with van der Waals surface area (Å²) in [5, 5.41) is 22.4. The average Bonchev–Trinajstić information content (AvgIpc) is 2.84. The van der Waals surface area contributed by atoms with Gasteiger partial charge in [-0.1, -0.05) is 41.5 Å². The Bertz CT molecular complexity index is 675. The molecule has 0 bridgehead atoms. The molecule has 120 valence electrons. The molecule has 0 aliphatic carbocycles. The molecule has 3 nitrogen and oxygen atoms in total. The first-order chi connectivity index (χ1) is 10.0. The highest BCUT2D eigenvalue weighted by atomic mass is 32.1. The topological polar surface area (TPSA) is 53.4 Å². The molecule has 1 heterocycles. The number of hydrogen-bond acceptors (Lipinski definition) is 4. The Labute approximate surface area is 136 Å². The normalized spacial score (nSPS) is 12.7. The summed E-state index contributed by atoms with van der Waals surface area (Å²) >= 11 is 1.46. The number of aliphatic hydroxyl groups is 1. The van der Waals surface area contributed by atoms with Crippen LogP contribution in [0.15, 0.2) is 17.5 Å². The number of hydrogen-bond donors (Lipinski definition) is 2. The van der Waals surface area contributed by atoms with Crippen LogP contribution in [0.3, 0.4) is 0 Å². The van der Waals surface area contributed by atoms with Crippen molar-refractivity contribution in [2.24, 2.45) is 0 Å². The Morgan fingerprint density at radius 2 is 1.59 bits per heavy atom. The maximum absolute atomic E-state index is 10.5. The molecule has 0 saturated carbocycles. The molecule has 0 aliphatic heterocycles. The van der Waals surface area contributed by atoms with E-state index in [-0.39, 0.29) is 17.4 Å². The van der Waals surface area contributed by atoms with Crippen molar-refractivity contribution in [1.82, 2.24) is 4.98 Å². The van der Waals surface area contributed by atoms with E-state index in [0.29, 0.717) is 10.8 Å². The van der Waals surface area contributed by atoms with E-state index in [0.717, 1.165) is 22.4 Å². The van der Waals surface area contributed by atoms with Gasteiger partial charge in [0.05, 0.1) is 12.3 Å². The summed E-state index contributed by atoms with van der Waals surface area (Å²) in [4.78, 5) is 4.51. The van der Waals surface area contributed by atoms with Crippen LogP contribution in [0, 0.1) is 0 Å². The lowest BCUT2D eigenvalue weighted by Gasteiger charge is -2.27. The van der Waals surface area contributed by atoms with E-state index in [1.807, 2.05) is 17.5 Å². The maximum atomic E-state index is 10.5. The van der Waals surface area contributed by atoms with E-state index in [1.165, 1.54) is 11.3 Å². The van der Waals surface area contributed by atoms with Crippen molar-refractivity contribution in [2.75, 3.05) is 0 Å². The molecule has 0 spiro atoms. The van der Waals surface area contributed by atoms with Crippen molar-refractivity contribution in [1.29, 1.82) is 0 Å². The van der Waals surface area contributed by atoms with Gasteiger partial charge in [0.25, 0.3) is 0 Å². The van der Waals surface area contributed by atoms with Gasteiger partial charge >= 0.3 is 0 Å². The third-order valence-electron chi connectivity index (χ3n) is 3.71. The van der Waals surface area contributed by atoms with E-state index in [1.54, 1.807) is 0 Å². The molecule has 1 aromatic carbocycles. The lowest BCUT2D eigenvalue weighted by atomic mass is 9.78. The number of nitrogens with zero attached hydrogens (tertiary/aromatic N) is 1. The Balaban J connectivity index is 2.72. The highest BCUT2D eigenvalue weighted by molar-refractivity contribution is 7.09. The van der Waals surface area contributed by atoms with Gasteiger partial charge in [-0.25, -0.2) is 4.98 Å². The Morgan fingerprint density at radius 1 is 1.00 bits per heavy atom. The lowest BCUT2D eigenvalue weighted by Crippen LogP contribution is -2.16. The fourth-order valence-electron chi connectivity index (χ4n) is 2.53. The lowest BCUT2D eigenvalue weighted by molar-refractivity contribution is 0.281. The first-order valence-electron chi connectivity index (χ1n) is 7.47. The molecule has 0 fully saturated rings. The monoisotopic (exact) mass is 319 g/mol. The van der Waals surface area contributed by atoms with Gasteiger partial charge in [0.15, 0.2) is 0 Å². The summed E-state index contributed by atoms with van der Waals surface area (Å²) in [6, 6.07) is 3.92. The van der Waals surface area contributed by atoms with E-state index in [9.17, 15) is 10.2 Å². The second-order valence-electron chi connectivity index (χ2n) is 7.70. The molecular weight excluding hydrogens is 294 g/mol. The first kappa shape index (κ1) is 17.0. The van der Waals surface area contributed by atoms with Crippen LogP contribution in [0.25, 0.3) is 11.3 Å². The number of benzene rings is 1. The summed E-state index contributed by atoms with van der Waals surface area (Å²) in [5.74, 6) is 0.332. The van der Waals surface area contributed by atoms with Crippen molar-refractivity contribution >= 4 is 11.3 Å². The summed E-state index contributed by atoms with van der Waals surface area (Å²) in [6.45, 7) is 12.6. The number of rotatable bonds is 2. The molecule has 2 rings (SSSR count). The number of aromatic nitrogens is 1. The molecule has 2 N–H and O–H groups in total. The Hall–Kier alpha value is -1.39. The van der Waals surface area contributed by atoms with E-state index in [2.05, 4.69) is 46.5 Å². The Morgan fingerprint density at radius 3 is 2.05 bits per heavy atom. The highest BCUT2D eigenvalue weighted by Gasteiger charge is 2.26. The first-order valence-corrected chi connectivity index (χ1v) is 8.35. The van der Waals surface area contributed by atoms with Crippen LogP contribution >= 0.6 is 11.3 Å². The molecule has 0 radical (unpaired) electrons. The van der Waals surface area contributed by atoms with Gasteiger partial charge in [0, 0.05) is 10.9 Å². The number of aliphatic hydroxyl groups excluding tert-OH is 1. The van der Waals surface area contributed by atoms with Gasteiger partial charge in [-0.15, -0.1) is 11.3 Å². The molecule has 0 atom stereocenters. The van der Waals surface area contributed by atoms with Crippen LogP contribution in [-0.2, 0) is 17.4 Å². The quantitative estimate of drug-likeness (QED) is 0.850. The number of aromatic hydroxyl groups is 1. The molecule has 4 heteroatoms. The van der Waals surface area contributed by atoms with Gasteiger partial charge in [-0.2, -0.15) is 0 Å². The molecule has 0 aliphatic rings. The van der Waals surface area contributed by atoms with Crippen molar-refractivity contribution < 1.29 is 10.2 Å². The summed E-state index contributed by atoms with van der Waals surface area (Å²) < 4.78 is 0. The van der Waals surface area contributed by atoms with Crippen LogP contribution in [0.2, 0.25) is 0 Å². The highest BCUT2D eigenvalue weighted by Crippen LogP contribution is 2.41. The van der Waals surface area contributed by atoms with Gasteiger partial charge < -0.3 is 10.2 Å². The van der Waals surface area contributed by atoms with E-state index >= 15 is 0 Å². The molecule has 1 aromatic heterocycles. The third kappa shape index (κ3) is 3.33.